The summed E-state index contributed by atoms with van der Waals surface area (Å²) in [6.45, 7) is 4.85. The lowest BCUT2D eigenvalue weighted by Gasteiger charge is -2.26. The lowest BCUT2D eigenvalue weighted by molar-refractivity contribution is -0.129. The number of fused-ring (bicyclic) bond motifs is 1. The number of hydrogen-bond donors (Lipinski definition) is 3. The van der Waals surface area contributed by atoms with Crippen LogP contribution in [0, 0.1) is 6.92 Å². The minimum Gasteiger partial charge on any atom is -0.350 e. The number of benzene rings is 2. The molecule has 0 bridgehead atoms. The average Bonchev–Trinajstić information content (AvgIpc) is 2.66. The van der Waals surface area contributed by atoms with Gasteiger partial charge in [-0.05, 0) is 37.0 Å². The van der Waals surface area contributed by atoms with Crippen LogP contribution in [-0.2, 0) is 29.1 Å². The summed E-state index contributed by atoms with van der Waals surface area (Å²) in [5.74, 6) is -0.326. The molecular weight excluding hydrogens is 362 g/mol. The van der Waals surface area contributed by atoms with E-state index in [-0.39, 0.29) is 30.3 Å². The first-order valence-corrected chi connectivity index (χ1v) is 8.97. The number of rotatable bonds is 5. The van der Waals surface area contributed by atoms with Gasteiger partial charge in [0.05, 0.1) is 6.04 Å². The van der Waals surface area contributed by atoms with Gasteiger partial charge in [-0.15, -0.1) is 12.4 Å². The van der Waals surface area contributed by atoms with Crippen LogP contribution in [0.15, 0.2) is 48.5 Å². The molecule has 1 aliphatic heterocycles. The Balaban J connectivity index is 0.00000261. The summed E-state index contributed by atoms with van der Waals surface area (Å²) in [7, 11) is 0. The third-order valence-corrected chi connectivity index (χ3v) is 4.74. The van der Waals surface area contributed by atoms with E-state index in [2.05, 4.69) is 22.0 Å². The standard InChI is InChI=1S/C21H25N3O2.ClH/c1-14-7-9-16(10-8-14)12-23-20(25)15(2)24-21(26)19-11-17-5-3-4-6-18(17)13-22-19;/h3-10,15,19,22H,11-13H2,1-2H3,(H,23,25)(H,24,26);1H. The molecule has 2 unspecified atom stereocenters. The first-order chi connectivity index (χ1) is 12.5. The monoisotopic (exact) mass is 387 g/mol. The molecule has 0 spiro atoms. The number of carbonyl (C=O) groups is 2. The van der Waals surface area contributed by atoms with Gasteiger partial charge >= 0.3 is 0 Å². The molecular formula is C21H26ClN3O2. The van der Waals surface area contributed by atoms with Crippen molar-refractivity contribution in [1.82, 2.24) is 16.0 Å². The molecule has 2 amide bonds. The molecule has 0 saturated carbocycles. The van der Waals surface area contributed by atoms with E-state index < -0.39 is 6.04 Å². The maximum absolute atomic E-state index is 12.5. The van der Waals surface area contributed by atoms with Crippen molar-refractivity contribution in [2.24, 2.45) is 0 Å². The zero-order valence-corrected chi connectivity index (χ0v) is 16.4. The van der Waals surface area contributed by atoms with Gasteiger partial charge in [0.15, 0.2) is 0 Å². The molecule has 5 nitrogen and oxygen atoms in total. The van der Waals surface area contributed by atoms with E-state index >= 15 is 0 Å². The van der Waals surface area contributed by atoms with E-state index in [9.17, 15) is 9.59 Å². The third kappa shape index (κ3) is 5.55. The highest BCUT2D eigenvalue weighted by atomic mass is 35.5. The highest BCUT2D eigenvalue weighted by molar-refractivity contribution is 5.89. The van der Waals surface area contributed by atoms with E-state index in [1.54, 1.807) is 6.92 Å². The molecule has 1 heterocycles. The van der Waals surface area contributed by atoms with Crippen molar-refractivity contribution in [1.29, 1.82) is 0 Å². The molecule has 2 atom stereocenters. The predicted molar refractivity (Wildman–Crippen MR) is 109 cm³/mol. The van der Waals surface area contributed by atoms with Crippen molar-refractivity contribution in [2.75, 3.05) is 0 Å². The molecule has 0 aliphatic carbocycles. The fraction of sp³-hybridized carbons (Fsp3) is 0.333. The summed E-state index contributed by atoms with van der Waals surface area (Å²) in [6.07, 6.45) is 0.639. The second-order valence-corrected chi connectivity index (χ2v) is 6.84. The maximum Gasteiger partial charge on any atom is 0.242 e. The Hall–Kier alpha value is -2.37. The zero-order chi connectivity index (χ0) is 18.5. The van der Waals surface area contributed by atoms with Gasteiger partial charge in [0.25, 0.3) is 0 Å². The predicted octanol–water partition coefficient (Wildman–Crippen LogP) is 2.25. The fourth-order valence-corrected chi connectivity index (χ4v) is 3.07. The highest BCUT2D eigenvalue weighted by Crippen LogP contribution is 2.16. The lowest BCUT2D eigenvalue weighted by Crippen LogP contribution is -2.53. The normalized spacial score (nSPS) is 16.4. The quantitative estimate of drug-likeness (QED) is 0.737. The first-order valence-electron chi connectivity index (χ1n) is 8.97. The van der Waals surface area contributed by atoms with Crippen LogP contribution in [0.4, 0.5) is 0 Å². The largest absolute Gasteiger partial charge is 0.350 e. The van der Waals surface area contributed by atoms with Gasteiger partial charge in [0, 0.05) is 13.1 Å². The second kappa shape index (κ2) is 9.53. The van der Waals surface area contributed by atoms with Crippen LogP contribution in [0.25, 0.3) is 0 Å². The third-order valence-electron chi connectivity index (χ3n) is 4.74. The number of aryl methyl sites for hydroxylation is 1. The van der Waals surface area contributed by atoms with Crippen LogP contribution in [0.3, 0.4) is 0 Å². The van der Waals surface area contributed by atoms with Crippen molar-refractivity contribution < 1.29 is 9.59 Å². The van der Waals surface area contributed by atoms with Crippen LogP contribution < -0.4 is 16.0 Å². The van der Waals surface area contributed by atoms with Gasteiger partial charge < -0.3 is 16.0 Å². The van der Waals surface area contributed by atoms with Gasteiger partial charge in [-0.25, -0.2) is 0 Å². The maximum atomic E-state index is 12.5. The molecule has 1 aliphatic rings. The Morgan fingerprint density at radius 1 is 1.11 bits per heavy atom. The number of hydrogen-bond acceptors (Lipinski definition) is 3. The molecule has 0 aromatic heterocycles. The van der Waals surface area contributed by atoms with E-state index in [4.69, 9.17) is 0 Å². The highest BCUT2D eigenvalue weighted by Gasteiger charge is 2.26. The number of carbonyl (C=O) groups excluding carboxylic acids is 2. The summed E-state index contributed by atoms with van der Waals surface area (Å²) >= 11 is 0. The minimum absolute atomic E-state index is 0. The van der Waals surface area contributed by atoms with Crippen LogP contribution in [-0.4, -0.2) is 23.9 Å². The van der Waals surface area contributed by atoms with Crippen molar-refractivity contribution in [3.8, 4) is 0 Å². The molecule has 6 heteroatoms. The van der Waals surface area contributed by atoms with Gasteiger partial charge in [0.2, 0.25) is 11.8 Å². The molecule has 144 valence electrons. The molecule has 0 fully saturated rings. The summed E-state index contributed by atoms with van der Waals surface area (Å²) in [5, 5.41) is 8.92. The lowest BCUT2D eigenvalue weighted by atomic mass is 9.95. The van der Waals surface area contributed by atoms with Crippen LogP contribution in [0.2, 0.25) is 0 Å². The van der Waals surface area contributed by atoms with E-state index in [1.165, 1.54) is 16.7 Å². The van der Waals surface area contributed by atoms with Crippen LogP contribution in [0.5, 0.6) is 0 Å². The fourth-order valence-electron chi connectivity index (χ4n) is 3.07. The average molecular weight is 388 g/mol. The van der Waals surface area contributed by atoms with Crippen molar-refractivity contribution in [2.45, 2.75) is 45.4 Å². The molecule has 2 aromatic carbocycles. The van der Waals surface area contributed by atoms with Gasteiger partial charge in [-0.1, -0.05) is 54.1 Å². The topological polar surface area (TPSA) is 70.2 Å². The van der Waals surface area contributed by atoms with Gasteiger partial charge in [-0.3, -0.25) is 9.59 Å². The number of halogens is 1. The number of nitrogens with one attached hydrogen (secondary N) is 3. The van der Waals surface area contributed by atoms with Crippen molar-refractivity contribution in [3.05, 3.63) is 70.8 Å². The molecule has 3 N–H and O–H groups in total. The summed E-state index contributed by atoms with van der Waals surface area (Å²) in [6, 6.07) is 15.2. The molecule has 0 saturated heterocycles. The van der Waals surface area contributed by atoms with Gasteiger partial charge in [0.1, 0.15) is 6.04 Å². The van der Waals surface area contributed by atoms with Crippen LogP contribution >= 0.6 is 12.4 Å². The van der Waals surface area contributed by atoms with Crippen molar-refractivity contribution >= 4 is 24.2 Å². The summed E-state index contributed by atoms with van der Waals surface area (Å²) in [4.78, 5) is 24.7. The smallest absolute Gasteiger partial charge is 0.242 e. The second-order valence-electron chi connectivity index (χ2n) is 6.84. The van der Waals surface area contributed by atoms with Crippen LogP contribution in [0.1, 0.15) is 29.2 Å². The van der Waals surface area contributed by atoms with Gasteiger partial charge in [-0.2, -0.15) is 0 Å². The van der Waals surface area contributed by atoms with E-state index in [0.29, 0.717) is 19.5 Å². The van der Waals surface area contributed by atoms with E-state index in [0.717, 1.165) is 5.56 Å². The van der Waals surface area contributed by atoms with E-state index in [1.807, 2.05) is 49.4 Å². The Kier molecular flexibility index (Phi) is 7.39. The molecule has 27 heavy (non-hydrogen) atoms. The van der Waals surface area contributed by atoms with Crippen molar-refractivity contribution in [3.63, 3.8) is 0 Å². The molecule has 3 rings (SSSR count). The Bertz CT molecular complexity index is 792. The number of amides is 2. The summed E-state index contributed by atoms with van der Waals surface area (Å²) < 4.78 is 0. The molecule has 0 radical (unpaired) electrons. The zero-order valence-electron chi connectivity index (χ0n) is 15.6. The Morgan fingerprint density at radius 2 is 1.78 bits per heavy atom. The summed E-state index contributed by atoms with van der Waals surface area (Å²) in [5.41, 5.74) is 4.62. The first kappa shape index (κ1) is 20.9. The SMILES string of the molecule is Cc1ccc(CNC(=O)C(C)NC(=O)C2Cc3ccccc3CN2)cc1.Cl. The Morgan fingerprint density at radius 3 is 2.48 bits per heavy atom. The minimum atomic E-state index is -0.577. The Labute approximate surface area is 166 Å². The molecule has 2 aromatic rings.